The molecular weight excluding hydrogens is 208 g/mol. The number of esters is 1. The average molecular weight is 220 g/mol. The average Bonchev–Trinajstić information content (AvgIpc) is 2.29. The molecule has 0 aromatic heterocycles. The van der Waals surface area contributed by atoms with Crippen LogP contribution in [-0.2, 0) is 9.53 Å². The largest absolute Gasteiger partial charge is 0.506 e. The highest BCUT2D eigenvalue weighted by atomic mass is 16.5. The molecule has 0 fully saturated rings. The van der Waals surface area contributed by atoms with Crippen molar-refractivity contribution in [3.8, 4) is 11.8 Å². The number of methoxy groups -OCH3 is 1. The van der Waals surface area contributed by atoms with Crippen LogP contribution in [0.25, 0.3) is 0 Å². The van der Waals surface area contributed by atoms with Gasteiger partial charge in [-0.3, -0.25) is 4.79 Å². The Hall–Kier alpha value is -2.06. The number of nitrogens with two attached hydrogens (primary N) is 1. The van der Waals surface area contributed by atoms with Gasteiger partial charge in [-0.2, -0.15) is 5.26 Å². The first kappa shape index (κ1) is 12.0. The summed E-state index contributed by atoms with van der Waals surface area (Å²) in [6.07, 6.45) is -0.0427. The minimum atomic E-state index is -0.680. The molecule has 0 amide bonds. The fraction of sp³-hybridized carbons (Fsp3) is 0.273. The van der Waals surface area contributed by atoms with Gasteiger partial charge in [-0.1, -0.05) is 12.1 Å². The normalized spacial score (nSPS) is 11.6. The van der Waals surface area contributed by atoms with Crippen LogP contribution in [-0.4, -0.2) is 18.2 Å². The number of aromatic hydroxyl groups is 1. The molecule has 0 radical (unpaired) electrons. The van der Waals surface area contributed by atoms with Gasteiger partial charge in [-0.15, -0.1) is 0 Å². The molecule has 1 rings (SSSR count). The summed E-state index contributed by atoms with van der Waals surface area (Å²) in [7, 11) is 1.26. The number of para-hydroxylation sites is 1. The zero-order chi connectivity index (χ0) is 12.1. The van der Waals surface area contributed by atoms with Gasteiger partial charge in [-0.05, 0) is 6.07 Å². The highest BCUT2D eigenvalue weighted by Gasteiger charge is 2.17. The molecule has 0 heterocycles. The van der Waals surface area contributed by atoms with E-state index in [9.17, 15) is 9.90 Å². The predicted octanol–water partition coefficient (Wildman–Crippen LogP) is 0.827. The van der Waals surface area contributed by atoms with E-state index < -0.39 is 12.0 Å². The quantitative estimate of drug-likeness (QED) is 0.735. The van der Waals surface area contributed by atoms with Crippen LogP contribution in [0.5, 0.6) is 5.75 Å². The molecule has 0 saturated carbocycles. The third kappa shape index (κ3) is 2.49. The number of benzene rings is 1. The maximum Gasteiger partial charge on any atom is 0.307 e. The number of carbonyl (C=O) groups is 1. The number of carbonyl (C=O) groups excluding carboxylic acids is 1. The van der Waals surface area contributed by atoms with E-state index in [1.165, 1.54) is 13.2 Å². The number of nitrogens with zero attached hydrogens (tertiary/aromatic N) is 1. The zero-order valence-electron chi connectivity index (χ0n) is 8.80. The molecule has 0 aliphatic carbocycles. The van der Waals surface area contributed by atoms with Gasteiger partial charge in [0, 0.05) is 11.6 Å². The third-order valence-electron chi connectivity index (χ3n) is 2.20. The molecule has 3 N–H and O–H groups in total. The molecule has 1 atom stereocenters. The highest BCUT2D eigenvalue weighted by Crippen LogP contribution is 2.27. The number of rotatable bonds is 3. The fourth-order valence-corrected chi connectivity index (χ4v) is 1.32. The van der Waals surface area contributed by atoms with Crippen molar-refractivity contribution in [1.82, 2.24) is 0 Å². The first-order valence-corrected chi connectivity index (χ1v) is 4.64. The van der Waals surface area contributed by atoms with Crippen LogP contribution in [0.2, 0.25) is 0 Å². The van der Waals surface area contributed by atoms with Crippen LogP contribution >= 0.6 is 0 Å². The van der Waals surface area contributed by atoms with Crippen LogP contribution in [0.1, 0.15) is 23.6 Å². The van der Waals surface area contributed by atoms with Gasteiger partial charge < -0.3 is 15.6 Å². The van der Waals surface area contributed by atoms with Crippen molar-refractivity contribution in [2.45, 2.75) is 12.5 Å². The summed E-state index contributed by atoms with van der Waals surface area (Å²) in [6.45, 7) is 0. The Balaban J connectivity index is 2.96. The highest BCUT2D eigenvalue weighted by molar-refractivity contribution is 5.70. The maximum atomic E-state index is 11.0. The SMILES string of the molecule is COC(=O)C[C@@H](N)c1cccc(C#N)c1O. The van der Waals surface area contributed by atoms with Gasteiger partial charge in [0.25, 0.3) is 0 Å². The molecular formula is C11H12N2O3. The monoisotopic (exact) mass is 220 g/mol. The van der Waals surface area contributed by atoms with Gasteiger partial charge in [-0.25, -0.2) is 0 Å². The molecule has 0 aliphatic heterocycles. The summed E-state index contributed by atoms with van der Waals surface area (Å²) >= 11 is 0. The van der Waals surface area contributed by atoms with Crippen molar-refractivity contribution >= 4 is 5.97 Å². The van der Waals surface area contributed by atoms with E-state index in [1.807, 2.05) is 6.07 Å². The third-order valence-corrected chi connectivity index (χ3v) is 2.20. The van der Waals surface area contributed by atoms with E-state index in [1.54, 1.807) is 12.1 Å². The van der Waals surface area contributed by atoms with Crippen molar-refractivity contribution < 1.29 is 14.6 Å². The summed E-state index contributed by atoms with van der Waals surface area (Å²) in [5.74, 6) is -0.643. The van der Waals surface area contributed by atoms with Crippen LogP contribution in [0, 0.1) is 11.3 Å². The minimum absolute atomic E-state index is 0.0427. The summed E-state index contributed by atoms with van der Waals surface area (Å²) in [6, 6.07) is 5.81. The number of phenols is 1. The lowest BCUT2D eigenvalue weighted by Crippen LogP contribution is -2.16. The summed E-state index contributed by atoms with van der Waals surface area (Å²) in [4.78, 5) is 11.0. The van der Waals surface area contributed by atoms with E-state index in [0.717, 1.165) is 0 Å². The minimum Gasteiger partial charge on any atom is -0.506 e. The molecule has 16 heavy (non-hydrogen) atoms. The van der Waals surface area contributed by atoms with Crippen LogP contribution in [0.3, 0.4) is 0 Å². The van der Waals surface area contributed by atoms with E-state index in [4.69, 9.17) is 11.0 Å². The zero-order valence-corrected chi connectivity index (χ0v) is 8.80. The Kier molecular flexibility index (Phi) is 3.86. The Morgan fingerprint density at radius 1 is 1.69 bits per heavy atom. The van der Waals surface area contributed by atoms with Gasteiger partial charge in [0.15, 0.2) is 0 Å². The number of ether oxygens (including phenoxy) is 1. The van der Waals surface area contributed by atoms with E-state index in [0.29, 0.717) is 5.56 Å². The van der Waals surface area contributed by atoms with E-state index in [2.05, 4.69) is 4.74 Å². The smallest absolute Gasteiger partial charge is 0.307 e. The number of nitriles is 1. The topological polar surface area (TPSA) is 96.3 Å². The van der Waals surface area contributed by atoms with Crippen LogP contribution in [0.4, 0.5) is 0 Å². The predicted molar refractivity (Wildman–Crippen MR) is 56.4 cm³/mol. The number of hydrogen-bond donors (Lipinski definition) is 2. The number of hydrogen-bond acceptors (Lipinski definition) is 5. The van der Waals surface area contributed by atoms with Gasteiger partial charge in [0.05, 0.1) is 19.1 Å². The van der Waals surface area contributed by atoms with Gasteiger partial charge in [0.1, 0.15) is 11.8 Å². The molecule has 5 heteroatoms. The lowest BCUT2D eigenvalue weighted by atomic mass is 10.0. The maximum absolute atomic E-state index is 11.0. The molecule has 0 spiro atoms. The van der Waals surface area contributed by atoms with Crippen molar-refractivity contribution in [1.29, 1.82) is 5.26 Å². The van der Waals surface area contributed by atoms with Crippen LogP contribution in [0.15, 0.2) is 18.2 Å². The first-order valence-electron chi connectivity index (χ1n) is 4.64. The molecule has 0 saturated heterocycles. The number of phenolic OH excluding ortho intramolecular Hbond substituents is 1. The second kappa shape index (κ2) is 5.14. The molecule has 5 nitrogen and oxygen atoms in total. The van der Waals surface area contributed by atoms with Gasteiger partial charge in [0.2, 0.25) is 0 Å². The Morgan fingerprint density at radius 2 is 2.38 bits per heavy atom. The Bertz CT molecular complexity index is 437. The second-order valence-corrected chi connectivity index (χ2v) is 3.24. The Labute approximate surface area is 93.1 Å². The van der Waals surface area contributed by atoms with Gasteiger partial charge >= 0.3 is 5.97 Å². The Morgan fingerprint density at radius 3 is 2.94 bits per heavy atom. The van der Waals surface area contributed by atoms with Crippen LogP contribution < -0.4 is 5.73 Å². The molecule has 1 aromatic rings. The summed E-state index contributed by atoms with van der Waals surface area (Å²) in [5, 5.41) is 18.4. The van der Waals surface area contributed by atoms with E-state index >= 15 is 0 Å². The summed E-state index contributed by atoms with van der Waals surface area (Å²) < 4.78 is 4.47. The second-order valence-electron chi connectivity index (χ2n) is 3.24. The van der Waals surface area contributed by atoms with Crippen molar-refractivity contribution in [2.75, 3.05) is 7.11 Å². The molecule has 0 bridgehead atoms. The van der Waals surface area contributed by atoms with Crippen molar-refractivity contribution in [3.63, 3.8) is 0 Å². The standard InChI is InChI=1S/C11H12N2O3/c1-16-10(14)5-9(13)8-4-2-3-7(6-12)11(8)15/h2-4,9,15H,5,13H2,1H3/t9-/m1/s1. The molecule has 84 valence electrons. The van der Waals surface area contributed by atoms with E-state index in [-0.39, 0.29) is 17.7 Å². The lowest BCUT2D eigenvalue weighted by Gasteiger charge is -2.12. The molecule has 0 aliphatic rings. The first-order chi connectivity index (χ1) is 7.60. The fourth-order valence-electron chi connectivity index (χ4n) is 1.32. The lowest BCUT2D eigenvalue weighted by molar-refractivity contribution is -0.141. The summed E-state index contributed by atoms with van der Waals surface area (Å²) in [5.41, 5.74) is 6.23. The molecule has 0 unspecified atom stereocenters. The van der Waals surface area contributed by atoms with Crippen molar-refractivity contribution in [2.24, 2.45) is 5.73 Å². The molecule has 1 aromatic carbocycles. The van der Waals surface area contributed by atoms with Crippen molar-refractivity contribution in [3.05, 3.63) is 29.3 Å².